The molecule has 2 nitrogen and oxygen atoms in total. The summed E-state index contributed by atoms with van der Waals surface area (Å²) in [5.74, 6) is 0. The molecule has 1 aliphatic rings. The van der Waals surface area contributed by atoms with E-state index in [1.807, 2.05) is 23.5 Å². The summed E-state index contributed by atoms with van der Waals surface area (Å²) in [6.07, 6.45) is 0. The van der Waals surface area contributed by atoms with Gasteiger partial charge in [0.15, 0.2) is 0 Å². The highest BCUT2D eigenvalue weighted by atomic mass is 32.1. The van der Waals surface area contributed by atoms with Crippen molar-refractivity contribution < 1.29 is 4.42 Å². The Labute approximate surface area is 378 Å². The molecule has 1 aliphatic carbocycles. The van der Waals surface area contributed by atoms with Crippen LogP contribution in [0.5, 0.6) is 0 Å². The number of anilines is 3. The van der Waals surface area contributed by atoms with Gasteiger partial charge in [0.25, 0.3) is 0 Å². The third kappa shape index (κ3) is 6.47. The van der Waals surface area contributed by atoms with Crippen LogP contribution in [0.4, 0.5) is 17.1 Å². The van der Waals surface area contributed by atoms with Crippen LogP contribution in [0.15, 0.2) is 229 Å². The summed E-state index contributed by atoms with van der Waals surface area (Å²) in [6.45, 7) is 4.76. The molecule has 304 valence electrons. The highest BCUT2D eigenvalue weighted by Crippen LogP contribution is 2.52. The van der Waals surface area contributed by atoms with Gasteiger partial charge < -0.3 is 9.32 Å². The summed E-state index contributed by atoms with van der Waals surface area (Å²) in [5.41, 5.74) is 19.9. The first kappa shape index (κ1) is 38.0. The van der Waals surface area contributed by atoms with Gasteiger partial charge in [-0.25, -0.2) is 0 Å². The number of hydrogen-bond acceptors (Lipinski definition) is 3. The van der Waals surface area contributed by atoms with Crippen molar-refractivity contribution in [3.8, 4) is 65.4 Å². The third-order valence-corrected chi connectivity index (χ3v) is 14.3. The Morgan fingerprint density at radius 3 is 1.50 bits per heavy atom. The molecule has 3 heteroatoms. The van der Waals surface area contributed by atoms with Crippen LogP contribution in [0.1, 0.15) is 25.0 Å². The molecule has 64 heavy (non-hydrogen) atoms. The Morgan fingerprint density at radius 2 is 0.844 bits per heavy atom. The summed E-state index contributed by atoms with van der Waals surface area (Å²) in [7, 11) is 0. The molecule has 12 rings (SSSR count). The second-order valence-corrected chi connectivity index (χ2v) is 18.4. The third-order valence-electron chi connectivity index (χ3n) is 13.2. The van der Waals surface area contributed by atoms with Gasteiger partial charge in [0.05, 0.1) is 0 Å². The molecule has 9 aromatic carbocycles. The quantitative estimate of drug-likeness (QED) is 0.152. The minimum atomic E-state index is -0.199. The second-order valence-electron chi connectivity index (χ2n) is 17.3. The first-order chi connectivity index (χ1) is 31.5. The second kappa shape index (κ2) is 15.3. The van der Waals surface area contributed by atoms with Gasteiger partial charge in [0, 0.05) is 48.6 Å². The largest absolute Gasteiger partial charge is 0.455 e. The zero-order chi connectivity index (χ0) is 42.8. The van der Waals surface area contributed by atoms with E-state index in [4.69, 9.17) is 4.42 Å². The molecule has 11 aromatic rings. The molecular formula is C61H43NOS. The van der Waals surface area contributed by atoms with Crippen molar-refractivity contribution in [1.29, 1.82) is 0 Å². The predicted molar refractivity (Wildman–Crippen MR) is 271 cm³/mol. The molecule has 0 saturated heterocycles. The molecule has 2 heterocycles. The van der Waals surface area contributed by atoms with Crippen LogP contribution in [-0.2, 0) is 5.41 Å². The fourth-order valence-electron chi connectivity index (χ4n) is 9.77. The summed E-state index contributed by atoms with van der Waals surface area (Å²) in [4.78, 5) is 4.92. The first-order valence-electron chi connectivity index (χ1n) is 22.0. The topological polar surface area (TPSA) is 16.4 Å². The van der Waals surface area contributed by atoms with Crippen molar-refractivity contribution in [2.24, 2.45) is 0 Å². The number of benzene rings is 9. The maximum atomic E-state index is 6.36. The Balaban J connectivity index is 0.852. The Hall–Kier alpha value is -7.72. The van der Waals surface area contributed by atoms with Gasteiger partial charge in [-0.05, 0) is 122 Å². The molecule has 0 radical (unpaired) electrons. The van der Waals surface area contributed by atoms with Gasteiger partial charge in [-0.2, -0.15) is 0 Å². The van der Waals surface area contributed by atoms with Crippen LogP contribution in [0.25, 0.3) is 87.3 Å². The highest BCUT2D eigenvalue weighted by Gasteiger charge is 2.36. The SMILES string of the molecule is CC1(C)c2cc(-c3ccc(-c4ccc(-c5cccc6c5oc5ccccc56)cc4)s3)ccc2-c2ccc(N(c3ccc(-c4ccccc4)cc3)c3ccc(-c4ccccc4)cc3)cc21. The number of fused-ring (bicyclic) bond motifs is 6. The van der Waals surface area contributed by atoms with Crippen LogP contribution in [0, 0.1) is 0 Å². The minimum Gasteiger partial charge on any atom is -0.455 e. The van der Waals surface area contributed by atoms with Crippen LogP contribution < -0.4 is 4.90 Å². The van der Waals surface area contributed by atoms with Gasteiger partial charge in [0.2, 0.25) is 0 Å². The van der Waals surface area contributed by atoms with Crippen LogP contribution in [0.3, 0.4) is 0 Å². The molecule has 2 aromatic heterocycles. The maximum absolute atomic E-state index is 6.36. The smallest absolute Gasteiger partial charge is 0.143 e. The number of nitrogens with zero attached hydrogens (tertiary/aromatic N) is 1. The van der Waals surface area contributed by atoms with E-state index < -0.39 is 0 Å². The lowest BCUT2D eigenvalue weighted by atomic mass is 9.81. The van der Waals surface area contributed by atoms with Crippen molar-refractivity contribution in [2.75, 3.05) is 4.90 Å². The molecule has 0 saturated carbocycles. The average molecular weight is 838 g/mol. The number of hydrogen-bond donors (Lipinski definition) is 0. The lowest BCUT2D eigenvalue weighted by Crippen LogP contribution is -2.16. The highest BCUT2D eigenvalue weighted by molar-refractivity contribution is 7.18. The van der Waals surface area contributed by atoms with E-state index in [0.717, 1.165) is 50.1 Å². The fourth-order valence-corrected chi connectivity index (χ4v) is 10.8. The van der Waals surface area contributed by atoms with Crippen molar-refractivity contribution in [3.63, 3.8) is 0 Å². The van der Waals surface area contributed by atoms with E-state index in [1.54, 1.807) is 0 Å². The molecule has 0 unspecified atom stereocenters. The van der Waals surface area contributed by atoms with E-state index >= 15 is 0 Å². The Bertz CT molecular complexity index is 3400. The normalized spacial score (nSPS) is 12.7. The Morgan fingerprint density at radius 1 is 0.359 bits per heavy atom. The molecule has 0 amide bonds. The standard InChI is InChI=1S/C61H43NOS/c1-61(2)55-38-46(59-37-36-58(64-59)45-22-20-44(21-23-45)50-17-11-18-54-53-16-9-10-19-57(53)63-60(50)54)28-34-51(55)52-35-33-49(39-56(52)61)62(47-29-24-42(25-30-47)40-12-5-3-6-13-40)48-31-26-43(27-32-48)41-14-7-4-8-15-41/h3-39H,1-2H3. The van der Waals surface area contributed by atoms with Crippen molar-refractivity contribution in [3.05, 3.63) is 236 Å². The predicted octanol–water partition coefficient (Wildman–Crippen LogP) is 17.8. The van der Waals surface area contributed by atoms with E-state index in [2.05, 4.69) is 231 Å². The zero-order valence-electron chi connectivity index (χ0n) is 35.6. The minimum absolute atomic E-state index is 0.199. The molecule has 0 bridgehead atoms. The number of rotatable bonds is 8. The van der Waals surface area contributed by atoms with Crippen molar-refractivity contribution in [1.82, 2.24) is 0 Å². The van der Waals surface area contributed by atoms with E-state index in [-0.39, 0.29) is 5.41 Å². The van der Waals surface area contributed by atoms with Crippen molar-refractivity contribution >= 4 is 50.3 Å². The van der Waals surface area contributed by atoms with Crippen LogP contribution >= 0.6 is 11.3 Å². The van der Waals surface area contributed by atoms with Gasteiger partial charge in [-0.3, -0.25) is 0 Å². The first-order valence-corrected chi connectivity index (χ1v) is 22.8. The van der Waals surface area contributed by atoms with E-state index in [1.165, 1.54) is 65.4 Å². The van der Waals surface area contributed by atoms with E-state index in [9.17, 15) is 0 Å². The van der Waals surface area contributed by atoms with Crippen molar-refractivity contribution in [2.45, 2.75) is 19.3 Å². The maximum Gasteiger partial charge on any atom is 0.143 e. The monoisotopic (exact) mass is 837 g/mol. The summed E-state index contributed by atoms with van der Waals surface area (Å²) in [6, 6.07) is 81.5. The van der Waals surface area contributed by atoms with Gasteiger partial charge in [0.1, 0.15) is 11.2 Å². The molecule has 0 aliphatic heterocycles. The average Bonchev–Trinajstić information content (AvgIpc) is 4.06. The van der Waals surface area contributed by atoms with Gasteiger partial charge in [-0.15, -0.1) is 11.3 Å². The molecule has 0 N–H and O–H groups in total. The molecular weight excluding hydrogens is 795 g/mol. The fraction of sp³-hybridized carbons (Fsp3) is 0.0492. The zero-order valence-corrected chi connectivity index (χ0v) is 36.4. The number of para-hydroxylation sites is 2. The summed E-state index contributed by atoms with van der Waals surface area (Å²) >= 11 is 1.85. The van der Waals surface area contributed by atoms with Crippen LogP contribution in [-0.4, -0.2) is 0 Å². The lowest BCUT2D eigenvalue weighted by molar-refractivity contribution is 0.660. The van der Waals surface area contributed by atoms with Crippen LogP contribution in [0.2, 0.25) is 0 Å². The van der Waals surface area contributed by atoms with Gasteiger partial charge in [-0.1, -0.05) is 178 Å². The number of furan rings is 1. The lowest BCUT2D eigenvalue weighted by Gasteiger charge is -2.28. The summed E-state index contributed by atoms with van der Waals surface area (Å²) in [5, 5.41) is 2.30. The van der Waals surface area contributed by atoms with E-state index in [0.29, 0.717) is 0 Å². The Kier molecular flexibility index (Phi) is 9.06. The molecule has 0 atom stereocenters. The molecule has 0 fully saturated rings. The summed E-state index contributed by atoms with van der Waals surface area (Å²) < 4.78 is 6.36. The molecule has 0 spiro atoms. The van der Waals surface area contributed by atoms with Gasteiger partial charge >= 0.3 is 0 Å². The number of thiophene rings is 1.